The summed E-state index contributed by atoms with van der Waals surface area (Å²) in [7, 11) is 3.97. The predicted octanol–water partition coefficient (Wildman–Crippen LogP) is 1.90. The van der Waals surface area contributed by atoms with Crippen molar-refractivity contribution in [1.82, 2.24) is 14.8 Å². The molecule has 0 unspecified atom stereocenters. The van der Waals surface area contributed by atoms with Crippen molar-refractivity contribution in [2.24, 2.45) is 0 Å². The lowest BCUT2D eigenvalue weighted by molar-refractivity contribution is 0.0659. The molecular formula is C13H18ClN3O. The van der Waals surface area contributed by atoms with Crippen LogP contribution < -0.4 is 0 Å². The Hall–Kier alpha value is -1.13. The fourth-order valence-electron chi connectivity index (χ4n) is 2.29. The number of hydrogen-bond acceptors (Lipinski definition) is 3. The van der Waals surface area contributed by atoms with Gasteiger partial charge < -0.3 is 9.80 Å². The van der Waals surface area contributed by atoms with E-state index in [2.05, 4.69) is 16.9 Å². The minimum absolute atomic E-state index is 0.0167. The van der Waals surface area contributed by atoms with E-state index < -0.39 is 0 Å². The SMILES string of the molecule is CN1CCC(N(C)C(=O)c2ccncc2Cl)CC1. The van der Waals surface area contributed by atoms with Gasteiger partial charge in [-0.1, -0.05) is 11.6 Å². The molecule has 0 spiro atoms. The molecule has 5 heteroatoms. The summed E-state index contributed by atoms with van der Waals surface area (Å²) in [4.78, 5) is 20.3. The smallest absolute Gasteiger partial charge is 0.255 e. The van der Waals surface area contributed by atoms with Crippen LogP contribution in [-0.2, 0) is 0 Å². The number of piperidine rings is 1. The number of halogens is 1. The fraction of sp³-hybridized carbons (Fsp3) is 0.538. The molecule has 18 heavy (non-hydrogen) atoms. The normalized spacial score (nSPS) is 17.7. The highest BCUT2D eigenvalue weighted by Crippen LogP contribution is 2.20. The second-order valence-electron chi connectivity index (χ2n) is 4.81. The van der Waals surface area contributed by atoms with Gasteiger partial charge in [0.25, 0.3) is 5.91 Å². The monoisotopic (exact) mass is 267 g/mol. The number of nitrogens with zero attached hydrogens (tertiary/aromatic N) is 3. The molecule has 1 saturated heterocycles. The van der Waals surface area contributed by atoms with Crippen LogP contribution in [0.25, 0.3) is 0 Å². The minimum Gasteiger partial charge on any atom is -0.339 e. The Morgan fingerprint density at radius 3 is 2.78 bits per heavy atom. The second kappa shape index (κ2) is 5.67. The topological polar surface area (TPSA) is 36.4 Å². The van der Waals surface area contributed by atoms with Crippen LogP contribution in [0, 0.1) is 0 Å². The molecule has 2 heterocycles. The Morgan fingerprint density at radius 1 is 1.50 bits per heavy atom. The predicted molar refractivity (Wildman–Crippen MR) is 71.9 cm³/mol. The number of hydrogen-bond donors (Lipinski definition) is 0. The molecule has 0 aromatic carbocycles. The zero-order valence-corrected chi connectivity index (χ0v) is 11.5. The van der Waals surface area contributed by atoms with Crippen molar-refractivity contribution in [3.8, 4) is 0 Å². The zero-order chi connectivity index (χ0) is 13.1. The van der Waals surface area contributed by atoms with Crippen molar-refractivity contribution in [2.75, 3.05) is 27.2 Å². The van der Waals surface area contributed by atoms with E-state index in [1.165, 1.54) is 6.20 Å². The Morgan fingerprint density at radius 2 is 2.17 bits per heavy atom. The van der Waals surface area contributed by atoms with Crippen LogP contribution in [0.15, 0.2) is 18.5 Å². The van der Waals surface area contributed by atoms with Crippen LogP contribution in [0.3, 0.4) is 0 Å². The first kappa shape index (κ1) is 13.3. The third kappa shape index (κ3) is 2.82. The number of aromatic nitrogens is 1. The van der Waals surface area contributed by atoms with Gasteiger partial charge >= 0.3 is 0 Å². The van der Waals surface area contributed by atoms with Crippen LogP contribution in [0.1, 0.15) is 23.2 Å². The van der Waals surface area contributed by atoms with Gasteiger partial charge in [-0.2, -0.15) is 0 Å². The van der Waals surface area contributed by atoms with Crippen molar-refractivity contribution in [2.45, 2.75) is 18.9 Å². The lowest BCUT2D eigenvalue weighted by Gasteiger charge is -2.35. The molecule has 0 radical (unpaired) electrons. The van der Waals surface area contributed by atoms with Gasteiger partial charge in [-0.3, -0.25) is 9.78 Å². The van der Waals surface area contributed by atoms with Crippen LogP contribution >= 0.6 is 11.6 Å². The molecule has 1 amide bonds. The standard InChI is InChI=1S/C13H18ClN3O/c1-16-7-4-10(5-8-16)17(2)13(18)11-3-6-15-9-12(11)14/h3,6,9-10H,4-5,7-8H2,1-2H3. The number of carbonyl (C=O) groups excluding carboxylic acids is 1. The first-order chi connectivity index (χ1) is 8.59. The van der Waals surface area contributed by atoms with E-state index in [-0.39, 0.29) is 5.91 Å². The first-order valence-electron chi connectivity index (χ1n) is 6.15. The van der Waals surface area contributed by atoms with E-state index in [9.17, 15) is 4.79 Å². The Balaban J connectivity index is 2.07. The Kier molecular flexibility index (Phi) is 4.19. The highest BCUT2D eigenvalue weighted by molar-refractivity contribution is 6.33. The molecule has 0 aliphatic carbocycles. The average Bonchev–Trinajstić information content (AvgIpc) is 2.38. The van der Waals surface area contributed by atoms with E-state index in [0.29, 0.717) is 16.6 Å². The number of carbonyl (C=O) groups is 1. The van der Waals surface area contributed by atoms with E-state index in [1.54, 1.807) is 12.3 Å². The van der Waals surface area contributed by atoms with Gasteiger partial charge in [0.2, 0.25) is 0 Å². The van der Waals surface area contributed by atoms with Crippen LogP contribution in [-0.4, -0.2) is 53.9 Å². The third-order valence-corrected chi connectivity index (χ3v) is 3.86. The summed E-state index contributed by atoms with van der Waals surface area (Å²) < 4.78 is 0. The summed E-state index contributed by atoms with van der Waals surface area (Å²) in [5.74, 6) is -0.0167. The summed E-state index contributed by atoms with van der Waals surface area (Å²) in [6, 6.07) is 1.98. The van der Waals surface area contributed by atoms with Gasteiger partial charge in [-0.05, 0) is 39.0 Å². The zero-order valence-electron chi connectivity index (χ0n) is 10.8. The van der Waals surface area contributed by atoms with Gasteiger partial charge in [0.1, 0.15) is 0 Å². The quantitative estimate of drug-likeness (QED) is 0.821. The summed E-state index contributed by atoms with van der Waals surface area (Å²) in [6.45, 7) is 2.07. The van der Waals surface area contributed by atoms with Crippen molar-refractivity contribution >= 4 is 17.5 Å². The lowest BCUT2D eigenvalue weighted by Crippen LogP contribution is -2.44. The van der Waals surface area contributed by atoms with Crippen molar-refractivity contribution in [3.05, 3.63) is 29.0 Å². The van der Waals surface area contributed by atoms with Crippen molar-refractivity contribution in [1.29, 1.82) is 0 Å². The minimum atomic E-state index is -0.0167. The summed E-state index contributed by atoms with van der Waals surface area (Å²) >= 11 is 6.01. The van der Waals surface area contributed by atoms with Gasteiger partial charge in [0, 0.05) is 25.5 Å². The van der Waals surface area contributed by atoms with Crippen LogP contribution in [0.4, 0.5) is 0 Å². The summed E-state index contributed by atoms with van der Waals surface area (Å²) in [6.07, 6.45) is 5.14. The Labute approximate surface area is 113 Å². The van der Waals surface area contributed by atoms with Gasteiger partial charge in [-0.15, -0.1) is 0 Å². The first-order valence-corrected chi connectivity index (χ1v) is 6.52. The number of likely N-dealkylation sites (tertiary alicyclic amines) is 1. The number of pyridine rings is 1. The second-order valence-corrected chi connectivity index (χ2v) is 5.21. The van der Waals surface area contributed by atoms with E-state index >= 15 is 0 Å². The maximum Gasteiger partial charge on any atom is 0.255 e. The van der Waals surface area contributed by atoms with Gasteiger partial charge in [-0.25, -0.2) is 0 Å². The highest BCUT2D eigenvalue weighted by Gasteiger charge is 2.25. The molecule has 0 bridgehead atoms. The largest absolute Gasteiger partial charge is 0.339 e. The maximum atomic E-state index is 12.3. The van der Waals surface area contributed by atoms with Gasteiger partial charge in [0.15, 0.2) is 0 Å². The molecule has 1 aliphatic rings. The third-order valence-electron chi connectivity index (χ3n) is 3.56. The van der Waals surface area contributed by atoms with E-state index in [4.69, 9.17) is 11.6 Å². The molecule has 0 atom stereocenters. The van der Waals surface area contributed by atoms with Crippen LogP contribution in [0.2, 0.25) is 5.02 Å². The molecule has 4 nitrogen and oxygen atoms in total. The molecule has 0 saturated carbocycles. The molecule has 0 N–H and O–H groups in total. The summed E-state index contributed by atoms with van der Waals surface area (Å²) in [5.41, 5.74) is 0.535. The summed E-state index contributed by atoms with van der Waals surface area (Å²) in [5, 5.41) is 0.419. The van der Waals surface area contributed by atoms with Gasteiger partial charge in [0.05, 0.1) is 10.6 Å². The maximum absolute atomic E-state index is 12.3. The molecule has 2 rings (SSSR count). The Bertz CT molecular complexity index is 430. The average molecular weight is 268 g/mol. The van der Waals surface area contributed by atoms with Crippen LogP contribution in [0.5, 0.6) is 0 Å². The molecule has 1 fully saturated rings. The molecular weight excluding hydrogens is 250 g/mol. The van der Waals surface area contributed by atoms with E-state index in [0.717, 1.165) is 25.9 Å². The molecule has 1 aliphatic heterocycles. The van der Waals surface area contributed by atoms with Crippen molar-refractivity contribution in [3.63, 3.8) is 0 Å². The molecule has 98 valence electrons. The number of amides is 1. The molecule has 1 aromatic heterocycles. The van der Waals surface area contributed by atoms with E-state index in [1.807, 2.05) is 11.9 Å². The number of rotatable bonds is 2. The molecule has 1 aromatic rings. The fourth-order valence-corrected chi connectivity index (χ4v) is 2.49. The van der Waals surface area contributed by atoms with Crippen molar-refractivity contribution < 1.29 is 4.79 Å². The highest BCUT2D eigenvalue weighted by atomic mass is 35.5. The lowest BCUT2D eigenvalue weighted by atomic mass is 10.0.